The van der Waals surface area contributed by atoms with Crippen LogP contribution in [0.2, 0.25) is 0 Å². The highest BCUT2D eigenvalue weighted by atomic mass is 16.3. The lowest BCUT2D eigenvalue weighted by molar-refractivity contribution is 0.213. The van der Waals surface area contributed by atoms with E-state index in [2.05, 4.69) is 0 Å². The van der Waals surface area contributed by atoms with Gasteiger partial charge in [0.2, 0.25) is 0 Å². The van der Waals surface area contributed by atoms with Crippen LogP contribution in [0.4, 0.5) is 4.79 Å². The molecule has 1 aliphatic heterocycles. The van der Waals surface area contributed by atoms with Crippen LogP contribution in [0, 0.1) is 5.92 Å². The minimum atomic E-state index is -0.342. The lowest BCUT2D eigenvalue weighted by Crippen LogP contribution is -2.33. The molecule has 1 rings (SSSR count). The molecule has 2 amide bonds. The Balaban J connectivity index is 2.29. The van der Waals surface area contributed by atoms with E-state index in [0.717, 1.165) is 25.9 Å². The predicted molar refractivity (Wildman–Crippen MR) is 41.0 cm³/mol. The molecule has 3 N–H and O–H groups in total. The van der Waals surface area contributed by atoms with E-state index < -0.39 is 0 Å². The standard InChI is InChI=1S/C7H14N2O2/c8-7(11)9-3-1-6(5-9)2-4-10/h6,10H,1-5H2,(H2,8,11). The Kier molecular flexibility index (Phi) is 2.70. The smallest absolute Gasteiger partial charge is 0.314 e. The van der Waals surface area contributed by atoms with Crippen LogP contribution in [-0.4, -0.2) is 35.7 Å². The van der Waals surface area contributed by atoms with Crippen molar-refractivity contribution in [1.82, 2.24) is 4.90 Å². The van der Waals surface area contributed by atoms with Gasteiger partial charge in [-0.2, -0.15) is 0 Å². The van der Waals surface area contributed by atoms with Crippen LogP contribution in [0.25, 0.3) is 0 Å². The van der Waals surface area contributed by atoms with Gasteiger partial charge >= 0.3 is 6.03 Å². The number of carbonyl (C=O) groups excluding carboxylic acids is 1. The fourth-order valence-corrected chi connectivity index (χ4v) is 1.45. The largest absolute Gasteiger partial charge is 0.396 e. The molecule has 0 aliphatic carbocycles. The molecule has 0 aromatic rings. The molecule has 1 fully saturated rings. The number of nitrogens with two attached hydrogens (primary N) is 1. The topological polar surface area (TPSA) is 66.6 Å². The number of aliphatic hydroxyl groups is 1. The number of rotatable bonds is 2. The molecule has 1 atom stereocenters. The van der Waals surface area contributed by atoms with E-state index in [1.54, 1.807) is 4.90 Å². The maximum Gasteiger partial charge on any atom is 0.314 e. The zero-order valence-corrected chi connectivity index (χ0v) is 6.49. The number of amides is 2. The van der Waals surface area contributed by atoms with Crippen LogP contribution in [0.15, 0.2) is 0 Å². The SMILES string of the molecule is NC(=O)N1CCC(CCO)C1. The summed E-state index contributed by atoms with van der Waals surface area (Å²) in [7, 11) is 0. The normalized spacial score (nSPS) is 24.1. The van der Waals surface area contributed by atoms with E-state index in [9.17, 15) is 4.79 Å². The molecule has 11 heavy (non-hydrogen) atoms. The Morgan fingerprint density at radius 2 is 2.45 bits per heavy atom. The van der Waals surface area contributed by atoms with E-state index in [-0.39, 0.29) is 12.6 Å². The summed E-state index contributed by atoms with van der Waals surface area (Å²) in [6, 6.07) is -0.342. The van der Waals surface area contributed by atoms with E-state index in [1.807, 2.05) is 0 Å². The van der Waals surface area contributed by atoms with Gasteiger partial charge in [-0.15, -0.1) is 0 Å². The second-order valence-corrected chi connectivity index (χ2v) is 2.95. The lowest BCUT2D eigenvalue weighted by atomic mass is 10.1. The molecule has 0 bridgehead atoms. The number of hydrogen-bond acceptors (Lipinski definition) is 2. The minimum absolute atomic E-state index is 0.206. The van der Waals surface area contributed by atoms with Crippen LogP contribution in [0.5, 0.6) is 0 Å². The number of urea groups is 1. The number of hydrogen-bond donors (Lipinski definition) is 2. The van der Waals surface area contributed by atoms with Gasteiger partial charge < -0.3 is 15.7 Å². The van der Waals surface area contributed by atoms with Crippen LogP contribution in [0.1, 0.15) is 12.8 Å². The van der Waals surface area contributed by atoms with Gasteiger partial charge in [0.05, 0.1) is 0 Å². The van der Waals surface area contributed by atoms with Gasteiger partial charge in [-0.1, -0.05) is 0 Å². The van der Waals surface area contributed by atoms with Gasteiger partial charge in [-0.3, -0.25) is 0 Å². The number of aliphatic hydroxyl groups excluding tert-OH is 1. The Hall–Kier alpha value is -0.770. The summed E-state index contributed by atoms with van der Waals surface area (Å²) in [5.41, 5.74) is 5.08. The van der Waals surface area contributed by atoms with Crippen molar-refractivity contribution in [3.05, 3.63) is 0 Å². The summed E-state index contributed by atoms with van der Waals surface area (Å²) in [5, 5.41) is 8.62. The maximum atomic E-state index is 10.6. The molecular weight excluding hydrogens is 144 g/mol. The van der Waals surface area contributed by atoms with Gasteiger partial charge in [0.15, 0.2) is 0 Å². The van der Waals surface area contributed by atoms with Crippen molar-refractivity contribution in [2.24, 2.45) is 11.7 Å². The first-order chi connectivity index (χ1) is 5.24. The molecule has 0 spiro atoms. The van der Waals surface area contributed by atoms with Gasteiger partial charge in [-0.05, 0) is 18.8 Å². The molecule has 0 aromatic heterocycles. The third-order valence-corrected chi connectivity index (χ3v) is 2.13. The first-order valence-electron chi connectivity index (χ1n) is 3.89. The van der Waals surface area contributed by atoms with Crippen molar-refractivity contribution >= 4 is 6.03 Å². The summed E-state index contributed by atoms with van der Waals surface area (Å²) >= 11 is 0. The third kappa shape index (κ3) is 2.08. The van der Waals surface area contributed by atoms with Gasteiger partial charge in [0, 0.05) is 19.7 Å². The number of nitrogens with zero attached hydrogens (tertiary/aromatic N) is 1. The summed E-state index contributed by atoms with van der Waals surface area (Å²) in [5.74, 6) is 0.451. The molecule has 4 nitrogen and oxygen atoms in total. The van der Waals surface area contributed by atoms with Crippen molar-refractivity contribution < 1.29 is 9.90 Å². The quantitative estimate of drug-likeness (QED) is 0.583. The van der Waals surface area contributed by atoms with Crippen LogP contribution in [-0.2, 0) is 0 Å². The fourth-order valence-electron chi connectivity index (χ4n) is 1.45. The Labute approximate surface area is 66.0 Å². The Bertz CT molecular complexity index is 149. The first-order valence-corrected chi connectivity index (χ1v) is 3.89. The van der Waals surface area contributed by atoms with Crippen LogP contribution >= 0.6 is 0 Å². The second kappa shape index (κ2) is 3.57. The number of carbonyl (C=O) groups is 1. The molecule has 0 saturated carbocycles. The zero-order chi connectivity index (χ0) is 8.27. The number of likely N-dealkylation sites (tertiary alicyclic amines) is 1. The summed E-state index contributed by atoms with van der Waals surface area (Å²) < 4.78 is 0. The fraction of sp³-hybridized carbons (Fsp3) is 0.857. The molecule has 64 valence electrons. The van der Waals surface area contributed by atoms with Crippen molar-refractivity contribution in [3.8, 4) is 0 Å². The van der Waals surface area contributed by atoms with E-state index in [1.165, 1.54) is 0 Å². The van der Waals surface area contributed by atoms with Gasteiger partial charge in [0.25, 0.3) is 0 Å². The van der Waals surface area contributed by atoms with Crippen molar-refractivity contribution in [2.45, 2.75) is 12.8 Å². The van der Waals surface area contributed by atoms with Crippen LogP contribution in [0.3, 0.4) is 0 Å². The van der Waals surface area contributed by atoms with E-state index in [4.69, 9.17) is 10.8 Å². The summed E-state index contributed by atoms with van der Waals surface area (Å²) in [6.45, 7) is 1.67. The van der Waals surface area contributed by atoms with E-state index >= 15 is 0 Å². The van der Waals surface area contributed by atoms with Crippen molar-refractivity contribution in [2.75, 3.05) is 19.7 Å². The van der Waals surface area contributed by atoms with Crippen molar-refractivity contribution in [3.63, 3.8) is 0 Å². The molecule has 0 radical (unpaired) electrons. The van der Waals surface area contributed by atoms with Crippen molar-refractivity contribution in [1.29, 1.82) is 0 Å². The maximum absolute atomic E-state index is 10.6. The predicted octanol–water partition coefficient (Wildman–Crippen LogP) is -0.231. The Morgan fingerprint density at radius 1 is 1.73 bits per heavy atom. The average Bonchev–Trinajstić information content (AvgIpc) is 2.37. The zero-order valence-electron chi connectivity index (χ0n) is 6.49. The average molecular weight is 158 g/mol. The molecule has 1 heterocycles. The first kappa shape index (κ1) is 8.33. The monoisotopic (exact) mass is 158 g/mol. The van der Waals surface area contributed by atoms with E-state index in [0.29, 0.717) is 5.92 Å². The molecule has 1 aliphatic rings. The minimum Gasteiger partial charge on any atom is -0.396 e. The highest BCUT2D eigenvalue weighted by molar-refractivity contribution is 5.72. The molecule has 1 saturated heterocycles. The lowest BCUT2D eigenvalue weighted by Gasteiger charge is -2.12. The molecular formula is C7H14N2O2. The summed E-state index contributed by atoms with van der Waals surface area (Å²) in [6.07, 6.45) is 1.76. The molecule has 0 aromatic carbocycles. The Morgan fingerprint density at radius 3 is 2.91 bits per heavy atom. The number of primary amides is 1. The highest BCUT2D eigenvalue weighted by Crippen LogP contribution is 2.18. The summed E-state index contributed by atoms with van der Waals surface area (Å²) in [4.78, 5) is 12.3. The molecule has 4 heteroatoms. The van der Waals surface area contributed by atoms with Gasteiger partial charge in [-0.25, -0.2) is 4.79 Å². The third-order valence-electron chi connectivity index (χ3n) is 2.13. The van der Waals surface area contributed by atoms with Gasteiger partial charge in [0.1, 0.15) is 0 Å². The van der Waals surface area contributed by atoms with Crippen LogP contribution < -0.4 is 5.73 Å². The molecule has 1 unspecified atom stereocenters. The second-order valence-electron chi connectivity index (χ2n) is 2.95. The highest BCUT2D eigenvalue weighted by Gasteiger charge is 2.23.